The highest BCUT2D eigenvalue weighted by Gasteiger charge is 2.26. The van der Waals surface area contributed by atoms with Gasteiger partial charge in [-0.1, -0.05) is 56.6 Å². The number of hydrogen-bond donors (Lipinski definition) is 0. The molecule has 2 aromatic rings. The summed E-state index contributed by atoms with van der Waals surface area (Å²) in [6.07, 6.45) is 0. The van der Waals surface area contributed by atoms with E-state index < -0.39 is 17.7 Å². The molecule has 0 spiro atoms. The number of halogens is 1. The average Bonchev–Trinajstić information content (AvgIpc) is 2.50. The number of carbonyl (C=O) groups is 2. The zero-order valence-electron chi connectivity index (χ0n) is 12.9. The molecule has 0 bridgehead atoms. The average molecular weight is 319 g/mol. The minimum atomic E-state index is -0.787. The quantitative estimate of drug-likeness (QED) is 0.607. The molecule has 0 amide bonds. The Kier molecular flexibility index (Phi) is 5.19. The van der Waals surface area contributed by atoms with Crippen LogP contribution in [0.4, 0.5) is 0 Å². The highest BCUT2D eigenvalue weighted by molar-refractivity contribution is 6.36. The van der Waals surface area contributed by atoms with Crippen molar-refractivity contribution in [2.45, 2.75) is 26.7 Å². The van der Waals surface area contributed by atoms with Crippen LogP contribution in [0.25, 0.3) is 10.8 Å². The second-order valence-corrected chi connectivity index (χ2v) is 6.23. The number of Topliss-reactive ketones (excluding diaryl/α,β-unsaturated/α-hetero) is 1. The van der Waals surface area contributed by atoms with Crippen LogP contribution >= 0.6 is 11.6 Å². The van der Waals surface area contributed by atoms with Gasteiger partial charge in [0.25, 0.3) is 0 Å². The Morgan fingerprint density at radius 1 is 1.14 bits per heavy atom. The van der Waals surface area contributed by atoms with Crippen LogP contribution < -0.4 is 0 Å². The van der Waals surface area contributed by atoms with Crippen molar-refractivity contribution in [2.75, 3.05) is 6.61 Å². The Labute approximate surface area is 135 Å². The molecule has 0 saturated heterocycles. The van der Waals surface area contributed by atoms with Crippen LogP contribution in [-0.2, 0) is 14.3 Å². The Morgan fingerprint density at radius 2 is 1.82 bits per heavy atom. The molecule has 4 heteroatoms. The van der Waals surface area contributed by atoms with E-state index in [0.717, 1.165) is 16.3 Å². The van der Waals surface area contributed by atoms with E-state index in [4.69, 9.17) is 16.3 Å². The highest BCUT2D eigenvalue weighted by atomic mass is 35.5. The minimum Gasteiger partial charge on any atom is -0.460 e. The molecule has 0 aliphatic heterocycles. The number of esters is 1. The summed E-state index contributed by atoms with van der Waals surface area (Å²) in [5.74, 6) is -1.74. The molecule has 0 aliphatic rings. The van der Waals surface area contributed by atoms with Crippen LogP contribution in [0.5, 0.6) is 0 Å². The zero-order chi connectivity index (χ0) is 16.3. The van der Waals surface area contributed by atoms with Gasteiger partial charge in [0, 0.05) is 5.02 Å². The molecule has 22 heavy (non-hydrogen) atoms. The second kappa shape index (κ2) is 6.93. The fourth-order valence-corrected chi connectivity index (χ4v) is 2.53. The largest absolute Gasteiger partial charge is 0.460 e. The lowest BCUT2D eigenvalue weighted by atomic mass is 9.91. The van der Waals surface area contributed by atoms with Crippen LogP contribution in [-0.4, -0.2) is 18.4 Å². The van der Waals surface area contributed by atoms with E-state index in [9.17, 15) is 9.59 Å². The predicted molar refractivity (Wildman–Crippen MR) is 88.2 cm³/mol. The van der Waals surface area contributed by atoms with Crippen molar-refractivity contribution < 1.29 is 14.3 Å². The third kappa shape index (κ3) is 3.66. The number of fused-ring (bicyclic) bond motifs is 1. The summed E-state index contributed by atoms with van der Waals surface area (Å²) < 4.78 is 5.03. The van der Waals surface area contributed by atoms with E-state index in [1.54, 1.807) is 13.0 Å². The molecule has 116 valence electrons. The van der Waals surface area contributed by atoms with Crippen molar-refractivity contribution in [3.63, 3.8) is 0 Å². The van der Waals surface area contributed by atoms with Gasteiger partial charge in [0.05, 0.1) is 12.5 Å². The van der Waals surface area contributed by atoms with E-state index in [1.807, 2.05) is 44.2 Å². The highest BCUT2D eigenvalue weighted by Crippen LogP contribution is 2.30. The summed E-state index contributed by atoms with van der Waals surface area (Å²) in [4.78, 5) is 24.2. The Balaban J connectivity index is 2.31. The third-order valence-corrected chi connectivity index (χ3v) is 3.69. The molecule has 1 atom stereocenters. The monoisotopic (exact) mass is 318 g/mol. The molecule has 0 fully saturated rings. The maximum Gasteiger partial charge on any atom is 0.375 e. The predicted octanol–water partition coefficient (Wildman–Crippen LogP) is 4.37. The summed E-state index contributed by atoms with van der Waals surface area (Å²) in [5, 5.41) is 2.41. The standard InChI is InChI=1S/C18H19ClO3/c1-11(2)10-22-18(21)17(20)12(3)16-9-14(19)8-13-6-4-5-7-15(13)16/h4-9,11-12H,10H2,1-3H3. The Hall–Kier alpha value is -1.87. The maximum absolute atomic E-state index is 12.3. The number of ether oxygens (including phenoxy) is 1. The maximum atomic E-state index is 12.3. The van der Waals surface area contributed by atoms with Gasteiger partial charge in [-0.25, -0.2) is 4.79 Å². The summed E-state index contributed by atoms with van der Waals surface area (Å²) in [5.41, 5.74) is 0.745. The van der Waals surface area contributed by atoms with Gasteiger partial charge in [0.2, 0.25) is 5.78 Å². The van der Waals surface area contributed by atoms with Gasteiger partial charge in [-0.2, -0.15) is 0 Å². The first kappa shape index (κ1) is 16.5. The van der Waals surface area contributed by atoms with Crippen molar-refractivity contribution >= 4 is 34.1 Å². The van der Waals surface area contributed by atoms with Gasteiger partial charge in [-0.15, -0.1) is 0 Å². The number of ketones is 1. The van der Waals surface area contributed by atoms with E-state index >= 15 is 0 Å². The van der Waals surface area contributed by atoms with E-state index in [0.29, 0.717) is 5.02 Å². The topological polar surface area (TPSA) is 43.4 Å². The van der Waals surface area contributed by atoms with Crippen LogP contribution in [0.3, 0.4) is 0 Å². The van der Waals surface area contributed by atoms with Crippen molar-refractivity contribution in [1.82, 2.24) is 0 Å². The van der Waals surface area contributed by atoms with E-state index in [-0.39, 0.29) is 12.5 Å². The summed E-state index contributed by atoms with van der Waals surface area (Å²) in [6, 6.07) is 11.2. The molecule has 0 radical (unpaired) electrons. The fourth-order valence-electron chi connectivity index (χ4n) is 2.29. The first-order valence-electron chi connectivity index (χ1n) is 7.29. The lowest BCUT2D eigenvalue weighted by Crippen LogP contribution is -2.24. The lowest BCUT2D eigenvalue weighted by Gasteiger charge is -2.14. The normalized spacial score (nSPS) is 12.4. The fraction of sp³-hybridized carbons (Fsp3) is 0.333. The molecule has 0 saturated carbocycles. The van der Waals surface area contributed by atoms with Gasteiger partial charge < -0.3 is 4.74 Å². The van der Waals surface area contributed by atoms with Crippen LogP contribution in [0.1, 0.15) is 32.3 Å². The first-order chi connectivity index (χ1) is 10.4. The number of benzene rings is 2. The number of rotatable bonds is 5. The van der Waals surface area contributed by atoms with E-state index in [1.165, 1.54) is 0 Å². The Bertz CT molecular complexity index is 707. The van der Waals surface area contributed by atoms with Crippen molar-refractivity contribution in [3.05, 3.63) is 47.0 Å². The second-order valence-electron chi connectivity index (χ2n) is 5.79. The Morgan fingerprint density at radius 3 is 2.50 bits per heavy atom. The smallest absolute Gasteiger partial charge is 0.375 e. The first-order valence-corrected chi connectivity index (χ1v) is 7.67. The van der Waals surface area contributed by atoms with Crippen LogP contribution in [0, 0.1) is 5.92 Å². The molecular formula is C18H19ClO3. The SMILES string of the molecule is CC(C)COC(=O)C(=O)C(C)c1cc(Cl)cc2ccccc12. The van der Waals surface area contributed by atoms with Crippen LogP contribution in [0.2, 0.25) is 5.02 Å². The summed E-state index contributed by atoms with van der Waals surface area (Å²) in [6.45, 7) is 5.79. The van der Waals surface area contributed by atoms with Gasteiger partial charge in [0.15, 0.2) is 0 Å². The van der Waals surface area contributed by atoms with Crippen LogP contribution in [0.15, 0.2) is 36.4 Å². The van der Waals surface area contributed by atoms with Crippen molar-refractivity contribution in [3.8, 4) is 0 Å². The molecule has 2 aromatic carbocycles. The molecule has 2 rings (SSSR count). The van der Waals surface area contributed by atoms with Gasteiger partial charge in [-0.05, 0) is 34.4 Å². The van der Waals surface area contributed by atoms with Crippen molar-refractivity contribution in [2.24, 2.45) is 5.92 Å². The minimum absolute atomic E-state index is 0.194. The summed E-state index contributed by atoms with van der Waals surface area (Å²) >= 11 is 6.13. The molecule has 0 aromatic heterocycles. The summed E-state index contributed by atoms with van der Waals surface area (Å²) in [7, 11) is 0. The van der Waals surface area contributed by atoms with Gasteiger partial charge in [-0.3, -0.25) is 4.79 Å². The molecule has 3 nitrogen and oxygen atoms in total. The zero-order valence-corrected chi connectivity index (χ0v) is 13.7. The van der Waals surface area contributed by atoms with E-state index in [2.05, 4.69) is 0 Å². The lowest BCUT2D eigenvalue weighted by molar-refractivity contribution is -0.155. The number of carbonyl (C=O) groups excluding carboxylic acids is 2. The molecule has 0 heterocycles. The van der Waals surface area contributed by atoms with Gasteiger partial charge in [0.1, 0.15) is 0 Å². The van der Waals surface area contributed by atoms with Gasteiger partial charge >= 0.3 is 5.97 Å². The molecule has 0 aliphatic carbocycles. The molecule has 1 unspecified atom stereocenters. The third-order valence-electron chi connectivity index (χ3n) is 3.47. The molecular weight excluding hydrogens is 300 g/mol. The molecule has 0 N–H and O–H groups in total. The number of hydrogen-bond acceptors (Lipinski definition) is 3. The van der Waals surface area contributed by atoms with Crippen molar-refractivity contribution in [1.29, 1.82) is 0 Å².